The molecule has 2 heterocycles. The van der Waals surface area contributed by atoms with Gasteiger partial charge in [0.05, 0.1) is 12.6 Å². The van der Waals surface area contributed by atoms with Gasteiger partial charge in [-0.1, -0.05) is 24.3 Å². The molecule has 3 aromatic rings. The maximum atomic E-state index is 11.7. The van der Waals surface area contributed by atoms with Crippen LogP contribution in [0.5, 0.6) is 11.5 Å². The molecule has 0 saturated heterocycles. The largest absolute Gasteiger partial charge is 0.504 e. The number of aromatic nitrogens is 1. The number of nitrogens with one attached hydrogen (secondary N) is 2. The number of benzene rings is 2. The van der Waals surface area contributed by atoms with Crippen molar-refractivity contribution in [1.82, 2.24) is 10.3 Å². The Morgan fingerprint density at radius 3 is 2.85 bits per heavy atom. The maximum absolute atomic E-state index is 11.7. The molecule has 1 aliphatic rings. The molecule has 1 aliphatic heterocycles. The summed E-state index contributed by atoms with van der Waals surface area (Å²) in [5.74, 6) is -0.422. The summed E-state index contributed by atoms with van der Waals surface area (Å²) in [4.78, 5) is 15.1. The van der Waals surface area contributed by atoms with E-state index in [4.69, 9.17) is 4.74 Å². The Morgan fingerprint density at radius 1 is 1.27 bits per heavy atom. The lowest BCUT2D eigenvalue weighted by Crippen LogP contribution is -2.44. The normalized spacial score (nSPS) is 19.3. The van der Waals surface area contributed by atoms with E-state index in [1.807, 2.05) is 31.2 Å². The van der Waals surface area contributed by atoms with Gasteiger partial charge in [-0.3, -0.25) is 10.1 Å². The van der Waals surface area contributed by atoms with Crippen LogP contribution >= 0.6 is 0 Å². The van der Waals surface area contributed by atoms with Gasteiger partial charge in [0, 0.05) is 23.0 Å². The number of carboxylic acids is 1. The molecule has 26 heavy (non-hydrogen) atoms. The van der Waals surface area contributed by atoms with Crippen molar-refractivity contribution in [3.8, 4) is 11.5 Å². The van der Waals surface area contributed by atoms with Crippen LogP contribution in [-0.4, -0.2) is 33.8 Å². The Morgan fingerprint density at radius 2 is 2.08 bits per heavy atom. The highest BCUT2D eigenvalue weighted by Gasteiger charge is 2.34. The SMILES string of the molecule is CCOc1cc(C2N[C@H](C(=O)O)Cc3c2[nH]c2ccccc32)ccc1O. The molecule has 6 heteroatoms. The van der Waals surface area contributed by atoms with Crippen molar-refractivity contribution < 1.29 is 19.7 Å². The van der Waals surface area contributed by atoms with E-state index >= 15 is 0 Å². The van der Waals surface area contributed by atoms with Crippen LogP contribution in [0, 0.1) is 0 Å². The maximum Gasteiger partial charge on any atom is 0.321 e. The lowest BCUT2D eigenvalue weighted by molar-refractivity contribution is -0.139. The minimum Gasteiger partial charge on any atom is -0.504 e. The minimum absolute atomic E-state index is 0.0677. The van der Waals surface area contributed by atoms with E-state index in [1.165, 1.54) is 0 Å². The summed E-state index contributed by atoms with van der Waals surface area (Å²) >= 11 is 0. The van der Waals surface area contributed by atoms with Gasteiger partial charge in [0.15, 0.2) is 11.5 Å². The molecule has 0 amide bonds. The topological polar surface area (TPSA) is 94.6 Å². The molecule has 134 valence electrons. The van der Waals surface area contributed by atoms with Gasteiger partial charge in [-0.15, -0.1) is 0 Å². The predicted molar refractivity (Wildman–Crippen MR) is 97.7 cm³/mol. The van der Waals surface area contributed by atoms with Gasteiger partial charge in [0.2, 0.25) is 0 Å². The van der Waals surface area contributed by atoms with Crippen LogP contribution < -0.4 is 10.1 Å². The monoisotopic (exact) mass is 352 g/mol. The molecule has 0 saturated carbocycles. The van der Waals surface area contributed by atoms with Crippen molar-refractivity contribution in [1.29, 1.82) is 0 Å². The van der Waals surface area contributed by atoms with Gasteiger partial charge in [0.1, 0.15) is 6.04 Å². The van der Waals surface area contributed by atoms with Crippen molar-refractivity contribution in [2.45, 2.75) is 25.4 Å². The van der Waals surface area contributed by atoms with Crippen LogP contribution in [0.3, 0.4) is 0 Å². The second-order valence-corrected chi connectivity index (χ2v) is 6.42. The Bertz CT molecular complexity index is 979. The van der Waals surface area contributed by atoms with Crippen LogP contribution in [-0.2, 0) is 11.2 Å². The lowest BCUT2D eigenvalue weighted by atomic mass is 9.90. The molecule has 6 nitrogen and oxygen atoms in total. The fraction of sp³-hybridized carbons (Fsp3) is 0.250. The van der Waals surface area contributed by atoms with Gasteiger partial charge < -0.3 is 19.9 Å². The van der Waals surface area contributed by atoms with Crippen molar-refractivity contribution in [2.24, 2.45) is 0 Å². The molecular weight excluding hydrogens is 332 g/mol. The summed E-state index contributed by atoms with van der Waals surface area (Å²) in [6.45, 7) is 2.28. The first-order chi connectivity index (χ1) is 12.6. The zero-order valence-electron chi connectivity index (χ0n) is 14.3. The minimum atomic E-state index is -0.880. The second-order valence-electron chi connectivity index (χ2n) is 6.42. The number of aromatic hydroxyl groups is 1. The molecule has 2 atom stereocenters. The number of rotatable bonds is 4. The van der Waals surface area contributed by atoms with Gasteiger partial charge in [-0.2, -0.15) is 0 Å². The van der Waals surface area contributed by atoms with E-state index in [0.29, 0.717) is 18.8 Å². The van der Waals surface area contributed by atoms with E-state index in [2.05, 4.69) is 10.3 Å². The molecule has 0 radical (unpaired) electrons. The van der Waals surface area contributed by atoms with E-state index in [9.17, 15) is 15.0 Å². The molecule has 0 aliphatic carbocycles. The molecular formula is C20H20N2O4. The number of phenolic OH excluding ortho intramolecular Hbond substituents is 1. The smallest absolute Gasteiger partial charge is 0.321 e. The van der Waals surface area contributed by atoms with Gasteiger partial charge in [-0.05, 0) is 36.2 Å². The van der Waals surface area contributed by atoms with E-state index in [1.54, 1.807) is 18.2 Å². The number of carboxylic acid groups (broad SMARTS) is 1. The molecule has 0 spiro atoms. The average molecular weight is 352 g/mol. The number of phenols is 1. The van der Waals surface area contributed by atoms with Crippen LogP contribution in [0.15, 0.2) is 42.5 Å². The third-order valence-electron chi connectivity index (χ3n) is 4.83. The first-order valence-electron chi connectivity index (χ1n) is 8.62. The first-order valence-corrected chi connectivity index (χ1v) is 8.62. The number of H-pyrrole nitrogens is 1. The standard InChI is InChI=1S/C20H20N2O4/c1-2-26-17-9-11(7-8-16(17)23)18-19-13(10-15(22-18)20(24)25)12-5-3-4-6-14(12)21-19/h3-9,15,18,21-23H,2,10H2,1H3,(H,24,25)/t15-,18?/m0/s1. The zero-order chi connectivity index (χ0) is 18.3. The third-order valence-corrected chi connectivity index (χ3v) is 4.83. The molecule has 0 bridgehead atoms. The molecule has 2 aromatic carbocycles. The highest BCUT2D eigenvalue weighted by atomic mass is 16.5. The Hall–Kier alpha value is -2.99. The molecule has 1 aromatic heterocycles. The average Bonchev–Trinajstić information content (AvgIpc) is 3.01. The highest BCUT2D eigenvalue weighted by Crippen LogP contribution is 2.37. The van der Waals surface area contributed by atoms with Crippen molar-refractivity contribution >= 4 is 16.9 Å². The van der Waals surface area contributed by atoms with E-state index in [0.717, 1.165) is 27.7 Å². The fourth-order valence-electron chi connectivity index (χ4n) is 3.64. The van der Waals surface area contributed by atoms with Gasteiger partial charge >= 0.3 is 5.97 Å². The number of hydrogen-bond acceptors (Lipinski definition) is 4. The second kappa shape index (κ2) is 6.38. The number of fused-ring (bicyclic) bond motifs is 3. The fourth-order valence-corrected chi connectivity index (χ4v) is 3.64. The van der Waals surface area contributed by atoms with Crippen LogP contribution in [0.2, 0.25) is 0 Å². The number of hydrogen-bond donors (Lipinski definition) is 4. The lowest BCUT2D eigenvalue weighted by Gasteiger charge is -2.29. The van der Waals surface area contributed by atoms with Crippen molar-refractivity contribution in [3.63, 3.8) is 0 Å². The third kappa shape index (κ3) is 2.68. The van der Waals surface area contributed by atoms with E-state index in [-0.39, 0.29) is 11.8 Å². The Balaban J connectivity index is 1.86. The number of para-hydroxylation sites is 1. The highest BCUT2D eigenvalue weighted by molar-refractivity contribution is 5.87. The quantitative estimate of drug-likeness (QED) is 0.579. The summed E-state index contributed by atoms with van der Waals surface area (Å²) in [6, 6.07) is 12.0. The van der Waals surface area contributed by atoms with Crippen LogP contribution in [0.4, 0.5) is 0 Å². The van der Waals surface area contributed by atoms with E-state index < -0.39 is 12.0 Å². The summed E-state index contributed by atoms with van der Waals surface area (Å²) < 4.78 is 5.49. The number of ether oxygens (including phenoxy) is 1. The number of aliphatic carboxylic acids is 1. The number of aromatic amines is 1. The zero-order valence-corrected chi connectivity index (χ0v) is 14.3. The van der Waals surface area contributed by atoms with Gasteiger partial charge in [-0.25, -0.2) is 0 Å². The summed E-state index contributed by atoms with van der Waals surface area (Å²) in [6.07, 6.45) is 0.418. The van der Waals surface area contributed by atoms with Gasteiger partial charge in [0.25, 0.3) is 0 Å². The predicted octanol–water partition coefficient (Wildman–Crippen LogP) is 2.96. The van der Waals surface area contributed by atoms with Crippen molar-refractivity contribution in [3.05, 3.63) is 59.3 Å². The summed E-state index contributed by atoms with van der Waals surface area (Å²) in [7, 11) is 0. The van der Waals surface area contributed by atoms with Crippen LogP contribution in [0.25, 0.3) is 10.9 Å². The molecule has 4 N–H and O–H groups in total. The van der Waals surface area contributed by atoms with Crippen LogP contribution in [0.1, 0.15) is 29.8 Å². The van der Waals surface area contributed by atoms with Crippen molar-refractivity contribution in [2.75, 3.05) is 6.61 Å². The first kappa shape index (κ1) is 16.5. The Labute approximate surface area is 150 Å². The summed E-state index contributed by atoms with van der Waals surface area (Å²) in [5, 5.41) is 23.8. The summed E-state index contributed by atoms with van der Waals surface area (Å²) in [5.41, 5.74) is 3.80. The molecule has 4 rings (SSSR count). The molecule has 1 unspecified atom stereocenters. The molecule has 0 fully saturated rings. The number of carbonyl (C=O) groups is 1. The Kier molecular flexibility index (Phi) is 4.05.